The third-order valence-electron chi connectivity index (χ3n) is 9.21. The molecule has 1 amide bonds. The molecule has 0 unspecified atom stereocenters. The lowest BCUT2D eigenvalue weighted by Crippen LogP contribution is -2.47. The second-order valence-electron chi connectivity index (χ2n) is 13.3. The molecule has 256 valence electrons. The first-order chi connectivity index (χ1) is 22.0. The summed E-state index contributed by atoms with van der Waals surface area (Å²) >= 11 is 5.96. The molecule has 1 aliphatic carbocycles. The predicted octanol–water partition coefficient (Wildman–Crippen LogP) is 6.45. The van der Waals surface area contributed by atoms with Gasteiger partial charge in [0.25, 0.3) is 15.9 Å². The van der Waals surface area contributed by atoms with Crippen LogP contribution in [0.4, 0.5) is 5.69 Å². The van der Waals surface area contributed by atoms with Crippen molar-refractivity contribution in [1.82, 2.24) is 9.80 Å². The quantitative estimate of drug-likeness (QED) is 0.314. The van der Waals surface area contributed by atoms with E-state index in [1.54, 1.807) is 17.0 Å². The lowest BCUT2D eigenvalue weighted by Gasteiger charge is -2.36. The number of carbonyl (C=O) groups is 1. The molecule has 0 radical (unpaired) electrons. The van der Waals surface area contributed by atoms with Gasteiger partial charge in [-0.2, -0.15) is 0 Å². The maximum Gasteiger partial charge on any atom is 0.261 e. The number of benzene rings is 2. The molecule has 11 heteroatoms. The van der Waals surface area contributed by atoms with Crippen molar-refractivity contribution in [3.05, 3.63) is 53.1 Å². The second-order valence-corrected chi connectivity index (χ2v) is 15.4. The maximum absolute atomic E-state index is 14.4. The van der Waals surface area contributed by atoms with E-state index in [1.165, 1.54) is 62.4 Å². The smallest absolute Gasteiger partial charge is 0.261 e. The van der Waals surface area contributed by atoms with Crippen LogP contribution in [0.2, 0.25) is 5.02 Å². The number of aliphatic hydroxyl groups excluding tert-OH is 1. The summed E-state index contributed by atoms with van der Waals surface area (Å²) in [5.41, 5.74) is 0.467. The monoisotopic (exact) mass is 677 g/mol. The summed E-state index contributed by atoms with van der Waals surface area (Å²) in [7, 11) is -1.78. The van der Waals surface area contributed by atoms with Crippen LogP contribution >= 0.6 is 11.6 Å². The molecule has 9 nitrogen and oxygen atoms in total. The molecule has 2 aliphatic rings. The molecule has 2 aromatic carbocycles. The fraction of sp³-hybridized carbons (Fsp3) is 0.629. The van der Waals surface area contributed by atoms with Crippen LogP contribution in [0.5, 0.6) is 5.75 Å². The molecule has 46 heavy (non-hydrogen) atoms. The van der Waals surface area contributed by atoms with E-state index in [-0.39, 0.29) is 46.8 Å². The molecule has 2 N–H and O–H groups in total. The first kappa shape index (κ1) is 36.5. The van der Waals surface area contributed by atoms with Gasteiger partial charge in [-0.3, -0.25) is 9.52 Å². The maximum atomic E-state index is 14.4. The van der Waals surface area contributed by atoms with E-state index in [0.717, 1.165) is 32.4 Å². The molecule has 1 heterocycles. The van der Waals surface area contributed by atoms with Crippen molar-refractivity contribution in [2.45, 2.75) is 95.3 Å². The Morgan fingerprint density at radius 1 is 1.02 bits per heavy atom. The van der Waals surface area contributed by atoms with Gasteiger partial charge in [0.2, 0.25) is 0 Å². The van der Waals surface area contributed by atoms with Gasteiger partial charge >= 0.3 is 0 Å². The number of rotatable bonds is 9. The molecule has 0 bridgehead atoms. The van der Waals surface area contributed by atoms with Crippen LogP contribution in [0.25, 0.3) is 0 Å². The van der Waals surface area contributed by atoms with Gasteiger partial charge in [-0.25, -0.2) is 8.42 Å². The number of anilines is 1. The third kappa shape index (κ3) is 10.3. The first-order valence-corrected chi connectivity index (χ1v) is 18.6. The minimum absolute atomic E-state index is 0.0235. The molecule has 1 saturated carbocycles. The number of aliphatic hydroxyl groups is 1. The Bertz CT molecular complexity index is 1370. The Morgan fingerprint density at radius 3 is 2.41 bits per heavy atom. The van der Waals surface area contributed by atoms with E-state index < -0.39 is 16.1 Å². The first-order valence-electron chi connectivity index (χ1n) is 16.8. The van der Waals surface area contributed by atoms with Crippen molar-refractivity contribution in [3.63, 3.8) is 0 Å². The van der Waals surface area contributed by atoms with Gasteiger partial charge in [0.15, 0.2) is 0 Å². The number of sulfonamides is 1. The van der Waals surface area contributed by atoms with Crippen LogP contribution in [-0.2, 0) is 14.8 Å². The Kier molecular flexibility index (Phi) is 13.6. The number of hydrogen-bond donors (Lipinski definition) is 2. The largest absolute Gasteiger partial charge is 0.490 e. The lowest BCUT2D eigenvalue weighted by molar-refractivity contribution is -0.0190. The van der Waals surface area contributed by atoms with E-state index in [4.69, 9.17) is 21.1 Å². The Labute approximate surface area is 280 Å². The third-order valence-corrected chi connectivity index (χ3v) is 10.9. The van der Waals surface area contributed by atoms with Crippen molar-refractivity contribution in [1.29, 1.82) is 0 Å². The molecule has 1 fully saturated rings. The number of hydrogen-bond acceptors (Lipinski definition) is 7. The van der Waals surface area contributed by atoms with Crippen LogP contribution in [0, 0.1) is 11.8 Å². The fourth-order valence-corrected chi connectivity index (χ4v) is 7.64. The fourth-order valence-electron chi connectivity index (χ4n) is 6.47. The van der Waals surface area contributed by atoms with E-state index in [1.807, 2.05) is 13.8 Å². The summed E-state index contributed by atoms with van der Waals surface area (Å²) in [4.78, 5) is 18.5. The summed E-state index contributed by atoms with van der Waals surface area (Å²) in [5.74, 6) is 0.732. The highest BCUT2D eigenvalue weighted by molar-refractivity contribution is 7.92. The van der Waals surface area contributed by atoms with Crippen molar-refractivity contribution >= 4 is 33.2 Å². The van der Waals surface area contributed by atoms with Gasteiger partial charge in [-0.1, -0.05) is 37.8 Å². The van der Waals surface area contributed by atoms with Crippen molar-refractivity contribution < 1.29 is 27.8 Å². The SMILES string of the molecule is C[C@@H]1CCCCO[C@H](CN(C)CC2CCCCC2)[C@@H](C)CN([C@H](C)CO)C(=O)c2cc(NS(=O)(=O)c3ccc(Cl)cc3)ccc2O1. The standard InChI is InChI=1S/C35H52ClN3O6S/c1-25-21-39(26(2)24-40)35(41)32-20-30(37-46(42,43)31-16-13-29(36)14-17-31)15-18-33(32)45-27(3)10-8-9-19-44-34(25)23-38(4)22-28-11-6-5-7-12-28/h13-18,20,25-28,34,37,40H,5-12,19,21-24H2,1-4H3/t25-,26+,27+,34+/m0/s1. The van der Waals surface area contributed by atoms with Gasteiger partial charge in [-0.05, 0) is 101 Å². The molecule has 0 saturated heterocycles. The topological polar surface area (TPSA) is 108 Å². The molecule has 2 aromatic rings. The van der Waals surface area contributed by atoms with Crippen molar-refractivity contribution in [3.8, 4) is 5.75 Å². The number of carbonyl (C=O) groups excluding carboxylic acids is 1. The minimum atomic E-state index is -3.94. The Hall–Kier alpha value is -2.37. The average molecular weight is 678 g/mol. The van der Waals surface area contributed by atoms with Gasteiger partial charge in [0, 0.05) is 42.9 Å². The van der Waals surface area contributed by atoms with Gasteiger partial charge in [0.1, 0.15) is 5.75 Å². The van der Waals surface area contributed by atoms with Gasteiger partial charge in [0.05, 0.1) is 35.3 Å². The van der Waals surface area contributed by atoms with Crippen LogP contribution in [0.15, 0.2) is 47.4 Å². The zero-order valence-corrected chi connectivity index (χ0v) is 29.4. The number of amides is 1. The molecular weight excluding hydrogens is 626 g/mol. The number of ether oxygens (including phenoxy) is 2. The normalized spacial score (nSPS) is 23.3. The highest BCUT2D eigenvalue weighted by Crippen LogP contribution is 2.30. The summed E-state index contributed by atoms with van der Waals surface area (Å²) in [6.07, 6.45) is 8.82. The van der Waals surface area contributed by atoms with Gasteiger partial charge < -0.3 is 24.4 Å². The second kappa shape index (κ2) is 17.2. The molecule has 0 spiro atoms. The highest BCUT2D eigenvalue weighted by Gasteiger charge is 2.31. The number of nitrogens with one attached hydrogen (secondary N) is 1. The Balaban J connectivity index is 1.62. The van der Waals surface area contributed by atoms with Gasteiger partial charge in [-0.15, -0.1) is 0 Å². The zero-order chi connectivity index (χ0) is 33.3. The zero-order valence-electron chi connectivity index (χ0n) is 27.8. The van der Waals surface area contributed by atoms with E-state index in [9.17, 15) is 18.3 Å². The van der Waals surface area contributed by atoms with E-state index >= 15 is 0 Å². The van der Waals surface area contributed by atoms with Crippen LogP contribution in [0.1, 0.15) is 82.5 Å². The average Bonchev–Trinajstić information content (AvgIpc) is 3.03. The van der Waals surface area contributed by atoms with Crippen LogP contribution in [0.3, 0.4) is 0 Å². The lowest BCUT2D eigenvalue weighted by atomic mass is 9.89. The molecule has 0 aromatic heterocycles. The molecule has 4 atom stereocenters. The summed E-state index contributed by atoms with van der Waals surface area (Å²) in [5, 5.41) is 10.7. The summed E-state index contributed by atoms with van der Waals surface area (Å²) in [6, 6.07) is 10.2. The van der Waals surface area contributed by atoms with E-state index in [2.05, 4.69) is 23.6 Å². The number of fused-ring (bicyclic) bond motifs is 1. The minimum Gasteiger partial charge on any atom is -0.490 e. The van der Waals surface area contributed by atoms with E-state index in [0.29, 0.717) is 29.8 Å². The van der Waals surface area contributed by atoms with Crippen molar-refractivity contribution in [2.75, 3.05) is 44.6 Å². The Morgan fingerprint density at radius 2 is 1.72 bits per heavy atom. The number of nitrogens with zero attached hydrogens (tertiary/aromatic N) is 2. The van der Waals surface area contributed by atoms with Crippen LogP contribution < -0.4 is 9.46 Å². The van der Waals surface area contributed by atoms with Crippen molar-refractivity contribution in [2.24, 2.45) is 11.8 Å². The number of halogens is 1. The molecule has 1 aliphatic heterocycles. The predicted molar refractivity (Wildman–Crippen MR) is 183 cm³/mol. The highest BCUT2D eigenvalue weighted by atomic mass is 35.5. The summed E-state index contributed by atoms with van der Waals surface area (Å²) < 4.78 is 41.7. The molecule has 4 rings (SSSR count). The molecular formula is C35H52ClN3O6S. The number of likely N-dealkylation sites (N-methyl/N-ethyl adjacent to an activating group) is 1. The van der Waals surface area contributed by atoms with Crippen LogP contribution in [-0.4, -0.2) is 87.4 Å². The summed E-state index contributed by atoms with van der Waals surface area (Å²) in [6.45, 7) is 8.46.